The normalized spacial score (nSPS) is 10.9. The first-order valence-electron chi connectivity index (χ1n) is 7.94. The van der Waals surface area contributed by atoms with E-state index in [1.807, 2.05) is 18.2 Å². The minimum absolute atomic E-state index is 0.237. The number of halogens is 1. The summed E-state index contributed by atoms with van der Waals surface area (Å²) in [6, 6.07) is 25.1. The average Bonchev–Trinajstić information content (AvgIpc) is 2.63. The Labute approximate surface area is 140 Å². The first-order chi connectivity index (χ1) is 11.7. The molecule has 0 radical (unpaired) electrons. The zero-order chi connectivity index (χ0) is 16.5. The predicted octanol–water partition coefficient (Wildman–Crippen LogP) is 6.02. The molecule has 1 nitrogen and oxygen atoms in total. The molecule has 0 aliphatic carbocycles. The number of nitrogens with zero attached hydrogens (tertiary/aromatic N) is 1. The van der Waals surface area contributed by atoms with E-state index in [2.05, 4.69) is 43.3 Å². The molecular formula is C22H16FN. The summed E-state index contributed by atoms with van der Waals surface area (Å²) < 4.78 is 13.2. The Balaban J connectivity index is 2.03. The molecule has 0 saturated heterocycles. The van der Waals surface area contributed by atoms with Gasteiger partial charge in [-0.2, -0.15) is 0 Å². The first kappa shape index (κ1) is 14.6. The molecule has 2 heteroatoms. The molecular weight excluding hydrogens is 297 g/mol. The molecule has 1 aromatic heterocycles. The zero-order valence-corrected chi connectivity index (χ0v) is 13.3. The maximum atomic E-state index is 13.2. The Kier molecular flexibility index (Phi) is 3.58. The quantitative estimate of drug-likeness (QED) is 0.441. The van der Waals surface area contributed by atoms with Gasteiger partial charge in [0.2, 0.25) is 0 Å². The van der Waals surface area contributed by atoms with Crippen molar-refractivity contribution >= 4 is 10.9 Å². The van der Waals surface area contributed by atoms with Gasteiger partial charge < -0.3 is 0 Å². The Morgan fingerprint density at radius 3 is 2.25 bits per heavy atom. The number of para-hydroxylation sites is 1. The lowest BCUT2D eigenvalue weighted by Crippen LogP contribution is -1.92. The Hall–Kier alpha value is -3.00. The molecule has 0 atom stereocenters. The highest BCUT2D eigenvalue weighted by Gasteiger charge is 2.10. The third-order valence-corrected chi connectivity index (χ3v) is 4.27. The Bertz CT molecular complexity index is 1010. The van der Waals surface area contributed by atoms with Gasteiger partial charge in [-0.1, -0.05) is 48.5 Å². The molecule has 0 amide bonds. The van der Waals surface area contributed by atoms with Gasteiger partial charge in [0, 0.05) is 10.9 Å². The molecule has 0 fully saturated rings. The minimum Gasteiger partial charge on any atom is -0.247 e. The van der Waals surface area contributed by atoms with E-state index < -0.39 is 0 Å². The van der Waals surface area contributed by atoms with Crippen LogP contribution in [0.1, 0.15) is 5.56 Å². The van der Waals surface area contributed by atoms with E-state index in [0.717, 1.165) is 38.9 Å². The van der Waals surface area contributed by atoms with Crippen LogP contribution < -0.4 is 0 Å². The van der Waals surface area contributed by atoms with Crippen LogP contribution in [0.5, 0.6) is 0 Å². The summed E-state index contributed by atoms with van der Waals surface area (Å²) >= 11 is 0. The number of benzene rings is 3. The van der Waals surface area contributed by atoms with Crippen molar-refractivity contribution in [2.24, 2.45) is 0 Å². The molecule has 0 aliphatic heterocycles. The van der Waals surface area contributed by atoms with Crippen LogP contribution in [0.4, 0.5) is 4.39 Å². The molecule has 0 spiro atoms. The molecule has 0 saturated carbocycles. The lowest BCUT2D eigenvalue weighted by atomic mass is 9.97. The van der Waals surface area contributed by atoms with E-state index in [0.29, 0.717) is 0 Å². The van der Waals surface area contributed by atoms with Gasteiger partial charge >= 0.3 is 0 Å². The van der Waals surface area contributed by atoms with Gasteiger partial charge in [-0.25, -0.2) is 9.37 Å². The number of hydrogen-bond acceptors (Lipinski definition) is 1. The highest BCUT2D eigenvalue weighted by Crippen LogP contribution is 2.33. The molecule has 0 bridgehead atoms. The summed E-state index contributed by atoms with van der Waals surface area (Å²) in [5.41, 5.74) is 6.18. The van der Waals surface area contributed by atoms with Gasteiger partial charge in [-0.3, -0.25) is 0 Å². The van der Waals surface area contributed by atoms with E-state index in [-0.39, 0.29) is 5.82 Å². The molecule has 116 valence electrons. The van der Waals surface area contributed by atoms with Crippen molar-refractivity contribution in [3.63, 3.8) is 0 Å². The van der Waals surface area contributed by atoms with Crippen LogP contribution in [0.25, 0.3) is 33.3 Å². The van der Waals surface area contributed by atoms with Crippen LogP contribution in [0, 0.1) is 12.7 Å². The SMILES string of the molecule is Cc1cccc2c(-c3ccccc3)cc(-c3ccc(F)cc3)nc12. The largest absolute Gasteiger partial charge is 0.247 e. The summed E-state index contributed by atoms with van der Waals surface area (Å²) in [5.74, 6) is -0.237. The first-order valence-corrected chi connectivity index (χ1v) is 7.94. The third-order valence-electron chi connectivity index (χ3n) is 4.27. The highest BCUT2D eigenvalue weighted by atomic mass is 19.1. The van der Waals surface area contributed by atoms with Crippen LogP contribution in [0.3, 0.4) is 0 Å². The van der Waals surface area contributed by atoms with Crippen molar-refractivity contribution in [3.05, 3.63) is 90.2 Å². The molecule has 4 aromatic rings. The number of aromatic nitrogens is 1. The molecule has 0 unspecified atom stereocenters. The molecule has 3 aromatic carbocycles. The Morgan fingerprint density at radius 1 is 0.750 bits per heavy atom. The summed E-state index contributed by atoms with van der Waals surface area (Å²) in [6.45, 7) is 2.07. The molecule has 24 heavy (non-hydrogen) atoms. The number of pyridine rings is 1. The monoisotopic (exact) mass is 313 g/mol. The number of fused-ring (bicyclic) bond motifs is 1. The smallest absolute Gasteiger partial charge is 0.123 e. The van der Waals surface area contributed by atoms with Crippen molar-refractivity contribution in [3.8, 4) is 22.4 Å². The van der Waals surface area contributed by atoms with Crippen molar-refractivity contribution in [1.82, 2.24) is 4.98 Å². The van der Waals surface area contributed by atoms with Crippen molar-refractivity contribution in [2.45, 2.75) is 6.92 Å². The summed E-state index contributed by atoms with van der Waals surface area (Å²) in [5, 5.41) is 1.13. The van der Waals surface area contributed by atoms with Crippen LogP contribution in [0.15, 0.2) is 78.9 Å². The molecule has 0 aliphatic rings. The van der Waals surface area contributed by atoms with E-state index in [4.69, 9.17) is 4.98 Å². The second kappa shape index (κ2) is 5.89. The fraction of sp³-hybridized carbons (Fsp3) is 0.0455. The summed E-state index contributed by atoms with van der Waals surface area (Å²) in [7, 11) is 0. The second-order valence-corrected chi connectivity index (χ2v) is 5.90. The Morgan fingerprint density at radius 2 is 1.50 bits per heavy atom. The van der Waals surface area contributed by atoms with Gasteiger partial charge in [0.25, 0.3) is 0 Å². The summed E-state index contributed by atoms with van der Waals surface area (Å²) in [6.07, 6.45) is 0. The maximum Gasteiger partial charge on any atom is 0.123 e. The topological polar surface area (TPSA) is 12.9 Å². The van der Waals surface area contributed by atoms with Crippen LogP contribution in [-0.4, -0.2) is 4.98 Å². The van der Waals surface area contributed by atoms with E-state index in [9.17, 15) is 4.39 Å². The van der Waals surface area contributed by atoms with Crippen LogP contribution in [-0.2, 0) is 0 Å². The van der Waals surface area contributed by atoms with E-state index in [1.165, 1.54) is 12.1 Å². The standard InChI is InChI=1S/C22H16FN/c1-15-6-5-9-19-20(16-7-3-2-4-8-16)14-21(24-22(15)19)17-10-12-18(23)13-11-17/h2-14H,1H3. The van der Waals surface area contributed by atoms with Crippen molar-refractivity contribution in [2.75, 3.05) is 0 Å². The maximum absolute atomic E-state index is 13.2. The van der Waals surface area contributed by atoms with Crippen LogP contribution >= 0.6 is 0 Å². The molecule has 1 heterocycles. The lowest BCUT2D eigenvalue weighted by molar-refractivity contribution is 0.628. The van der Waals surface area contributed by atoms with E-state index in [1.54, 1.807) is 12.1 Å². The zero-order valence-electron chi connectivity index (χ0n) is 13.3. The van der Waals surface area contributed by atoms with Crippen molar-refractivity contribution in [1.29, 1.82) is 0 Å². The number of hydrogen-bond donors (Lipinski definition) is 0. The number of aryl methyl sites for hydroxylation is 1. The second-order valence-electron chi connectivity index (χ2n) is 5.90. The average molecular weight is 313 g/mol. The van der Waals surface area contributed by atoms with Gasteiger partial charge in [-0.15, -0.1) is 0 Å². The fourth-order valence-electron chi connectivity index (χ4n) is 3.02. The molecule has 0 N–H and O–H groups in total. The predicted molar refractivity (Wildman–Crippen MR) is 97.3 cm³/mol. The number of rotatable bonds is 2. The lowest BCUT2D eigenvalue weighted by Gasteiger charge is -2.12. The minimum atomic E-state index is -0.237. The van der Waals surface area contributed by atoms with E-state index >= 15 is 0 Å². The van der Waals surface area contributed by atoms with Crippen molar-refractivity contribution < 1.29 is 4.39 Å². The molecule has 4 rings (SSSR count). The van der Waals surface area contributed by atoms with Gasteiger partial charge in [0.15, 0.2) is 0 Å². The third kappa shape index (κ3) is 2.56. The highest BCUT2D eigenvalue weighted by molar-refractivity contribution is 5.98. The van der Waals surface area contributed by atoms with Gasteiger partial charge in [-0.05, 0) is 53.9 Å². The van der Waals surface area contributed by atoms with Crippen LogP contribution in [0.2, 0.25) is 0 Å². The summed E-state index contributed by atoms with van der Waals surface area (Å²) in [4.78, 5) is 4.84. The fourth-order valence-corrected chi connectivity index (χ4v) is 3.02. The van der Waals surface area contributed by atoms with Gasteiger partial charge in [0.05, 0.1) is 11.2 Å². The van der Waals surface area contributed by atoms with Gasteiger partial charge in [0.1, 0.15) is 5.82 Å².